The monoisotopic (exact) mass is 334 g/mol. The van der Waals surface area contributed by atoms with Crippen LogP contribution in [0.5, 0.6) is 0 Å². The highest BCUT2D eigenvalue weighted by atomic mass is 127. The summed E-state index contributed by atoms with van der Waals surface area (Å²) >= 11 is 1.35. The average molecular weight is 334 g/mol. The molecule has 2 nitrogen and oxygen atoms in total. The third kappa shape index (κ3) is 2.58. The number of halogens is 5. The number of hydrogen-bond donors (Lipinski definition) is 1. The van der Waals surface area contributed by atoms with E-state index in [0.717, 1.165) is 6.07 Å². The van der Waals surface area contributed by atoms with Gasteiger partial charge in [0.25, 0.3) is 0 Å². The lowest BCUT2D eigenvalue weighted by molar-refractivity contribution is -0.138. The van der Waals surface area contributed by atoms with E-state index in [2.05, 4.69) is 0 Å². The summed E-state index contributed by atoms with van der Waals surface area (Å²) in [6.45, 7) is 0. The predicted octanol–water partition coefficient (Wildman–Crippen LogP) is 3.15. The molecular weight excluding hydrogens is 331 g/mol. The second-order valence-corrected chi connectivity index (χ2v) is 3.78. The number of benzene rings is 1. The van der Waals surface area contributed by atoms with Gasteiger partial charge in [0.1, 0.15) is 5.82 Å². The van der Waals surface area contributed by atoms with Crippen LogP contribution in [0.15, 0.2) is 12.1 Å². The first-order valence-corrected chi connectivity index (χ1v) is 4.61. The van der Waals surface area contributed by atoms with Gasteiger partial charge in [-0.3, -0.25) is 0 Å². The number of rotatable bonds is 1. The molecular formula is C8H3F4IO2. The number of carboxylic acids is 1. The largest absolute Gasteiger partial charge is 0.478 e. The van der Waals surface area contributed by atoms with Gasteiger partial charge in [-0.25, -0.2) is 9.18 Å². The van der Waals surface area contributed by atoms with Crippen LogP contribution in [-0.4, -0.2) is 11.1 Å². The first-order valence-electron chi connectivity index (χ1n) is 3.53. The van der Waals surface area contributed by atoms with Gasteiger partial charge in [-0.2, -0.15) is 13.2 Å². The lowest BCUT2D eigenvalue weighted by Crippen LogP contribution is -2.15. The van der Waals surface area contributed by atoms with E-state index < -0.39 is 29.1 Å². The Labute approximate surface area is 95.0 Å². The Morgan fingerprint density at radius 3 is 2.27 bits per heavy atom. The standard InChI is InChI=1S/C8H3F4IO2/c9-3-1-4(8(10,11)12)6(7(14)15)5(13)2-3/h1-2H,(H,14,15). The van der Waals surface area contributed by atoms with E-state index in [4.69, 9.17) is 5.11 Å². The maximum absolute atomic E-state index is 12.7. The molecule has 0 unspecified atom stereocenters. The molecule has 1 aromatic carbocycles. The number of alkyl halides is 3. The number of carbonyl (C=O) groups is 1. The number of hydrogen-bond acceptors (Lipinski definition) is 1. The van der Waals surface area contributed by atoms with Crippen molar-refractivity contribution in [2.75, 3.05) is 0 Å². The minimum Gasteiger partial charge on any atom is -0.478 e. The van der Waals surface area contributed by atoms with Crippen molar-refractivity contribution in [3.63, 3.8) is 0 Å². The summed E-state index contributed by atoms with van der Waals surface area (Å²) in [5, 5.41) is 8.57. The van der Waals surface area contributed by atoms with Gasteiger partial charge in [0.05, 0.1) is 11.1 Å². The Morgan fingerprint density at radius 1 is 1.33 bits per heavy atom. The van der Waals surface area contributed by atoms with Crippen molar-refractivity contribution in [2.24, 2.45) is 0 Å². The molecule has 0 aromatic heterocycles. The zero-order chi connectivity index (χ0) is 11.8. The Balaban J connectivity index is 3.54. The van der Waals surface area contributed by atoms with Crippen LogP contribution in [0.3, 0.4) is 0 Å². The second-order valence-electron chi connectivity index (χ2n) is 2.61. The first kappa shape index (κ1) is 12.2. The fraction of sp³-hybridized carbons (Fsp3) is 0.125. The molecule has 82 valence electrons. The van der Waals surface area contributed by atoms with Gasteiger partial charge in [-0.05, 0) is 34.7 Å². The normalized spacial score (nSPS) is 11.5. The maximum atomic E-state index is 12.7. The van der Waals surface area contributed by atoms with E-state index in [9.17, 15) is 22.4 Å². The molecule has 0 atom stereocenters. The summed E-state index contributed by atoms with van der Waals surface area (Å²) in [5.74, 6) is -2.84. The minimum absolute atomic E-state index is 0.172. The van der Waals surface area contributed by atoms with E-state index in [1.165, 1.54) is 22.6 Å². The third-order valence-corrected chi connectivity index (χ3v) is 2.43. The number of aromatic carboxylic acids is 1. The average Bonchev–Trinajstić information content (AvgIpc) is 1.99. The van der Waals surface area contributed by atoms with Crippen LogP contribution in [0.25, 0.3) is 0 Å². The van der Waals surface area contributed by atoms with Crippen molar-refractivity contribution >= 4 is 28.6 Å². The smallest absolute Gasteiger partial charge is 0.417 e. The molecule has 0 bridgehead atoms. The molecule has 0 saturated heterocycles. The van der Waals surface area contributed by atoms with Gasteiger partial charge < -0.3 is 5.11 Å². The van der Waals surface area contributed by atoms with Crippen molar-refractivity contribution < 1.29 is 27.5 Å². The van der Waals surface area contributed by atoms with Gasteiger partial charge in [-0.15, -0.1) is 0 Å². The van der Waals surface area contributed by atoms with E-state index in [1.54, 1.807) is 0 Å². The Kier molecular flexibility index (Phi) is 3.22. The topological polar surface area (TPSA) is 37.3 Å². The Hall–Kier alpha value is -0.860. The predicted molar refractivity (Wildman–Crippen MR) is 51.1 cm³/mol. The van der Waals surface area contributed by atoms with Crippen LogP contribution in [0, 0.1) is 9.39 Å². The lowest BCUT2D eigenvalue weighted by Gasteiger charge is -2.11. The van der Waals surface area contributed by atoms with Crippen LogP contribution in [-0.2, 0) is 6.18 Å². The van der Waals surface area contributed by atoms with E-state index >= 15 is 0 Å². The Morgan fingerprint density at radius 2 is 1.87 bits per heavy atom. The molecule has 7 heteroatoms. The highest BCUT2D eigenvalue weighted by Gasteiger charge is 2.37. The molecule has 1 aromatic rings. The van der Waals surface area contributed by atoms with E-state index in [0.29, 0.717) is 0 Å². The molecule has 0 radical (unpaired) electrons. The van der Waals surface area contributed by atoms with Crippen molar-refractivity contribution in [3.05, 3.63) is 32.6 Å². The third-order valence-electron chi connectivity index (χ3n) is 1.57. The molecule has 0 heterocycles. The number of carboxylic acid groups (broad SMARTS) is 1. The highest BCUT2D eigenvalue weighted by molar-refractivity contribution is 14.1. The summed E-state index contributed by atoms with van der Waals surface area (Å²) in [6.07, 6.45) is -4.88. The Bertz CT molecular complexity index is 414. The SMILES string of the molecule is O=C(O)c1c(I)cc(F)cc1C(F)(F)F. The van der Waals surface area contributed by atoms with Crippen LogP contribution in [0.2, 0.25) is 0 Å². The molecule has 0 amide bonds. The van der Waals surface area contributed by atoms with Crippen LogP contribution in [0.4, 0.5) is 17.6 Å². The summed E-state index contributed by atoms with van der Waals surface area (Å²) < 4.78 is 49.4. The maximum Gasteiger partial charge on any atom is 0.417 e. The van der Waals surface area contributed by atoms with E-state index in [-0.39, 0.29) is 9.64 Å². The highest BCUT2D eigenvalue weighted by Crippen LogP contribution is 2.34. The van der Waals surface area contributed by atoms with E-state index in [1.807, 2.05) is 0 Å². The van der Waals surface area contributed by atoms with Crippen molar-refractivity contribution in [1.29, 1.82) is 0 Å². The summed E-state index contributed by atoms with van der Waals surface area (Å²) in [6, 6.07) is 0.908. The fourth-order valence-corrected chi connectivity index (χ4v) is 1.83. The molecule has 0 aliphatic carbocycles. The first-order chi connectivity index (χ1) is 6.73. The fourth-order valence-electron chi connectivity index (χ4n) is 1.01. The molecule has 15 heavy (non-hydrogen) atoms. The van der Waals surface area contributed by atoms with Crippen LogP contribution >= 0.6 is 22.6 Å². The summed E-state index contributed by atoms with van der Waals surface area (Å²) in [7, 11) is 0. The second kappa shape index (κ2) is 3.95. The zero-order valence-electron chi connectivity index (χ0n) is 6.90. The molecule has 1 rings (SSSR count). The van der Waals surface area contributed by atoms with Crippen molar-refractivity contribution in [1.82, 2.24) is 0 Å². The van der Waals surface area contributed by atoms with Crippen LogP contribution < -0.4 is 0 Å². The lowest BCUT2D eigenvalue weighted by atomic mass is 10.1. The summed E-state index contributed by atoms with van der Waals surface area (Å²) in [4.78, 5) is 10.6. The zero-order valence-corrected chi connectivity index (χ0v) is 9.06. The van der Waals surface area contributed by atoms with Gasteiger partial charge >= 0.3 is 12.1 Å². The van der Waals surface area contributed by atoms with Crippen LogP contribution in [0.1, 0.15) is 15.9 Å². The molecule has 0 saturated carbocycles. The molecule has 0 spiro atoms. The van der Waals surface area contributed by atoms with Gasteiger partial charge in [0.15, 0.2) is 0 Å². The van der Waals surface area contributed by atoms with Gasteiger partial charge in [0, 0.05) is 3.57 Å². The van der Waals surface area contributed by atoms with Gasteiger partial charge in [0.2, 0.25) is 0 Å². The molecule has 1 N–H and O–H groups in total. The van der Waals surface area contributed by atoms with Crippen molar-refractivity contribution in [3.8, 4) is 0 Å². The molecule has 0 fully saturated rings. The molecule has 0 aliphatic heterocycles. The van der Waals surface area contributed by atoms with Crippen molar-refractivity contribution in [2.45, 2.75) is 6.18 Å². The van der Waals surface area contributed by atoms with Gasteiger partial charge in [-0.1, -0.05) is 0 Å². The quantitative estimate of drug-likeness (QED) is 0.633. The minimum atomic E-state index is -4.88. The summed E-state index contributed by atoms with van der Waals surface area (Å²) in [5.41, 5.74) is -2.40. The molecule has 0 aliphatic rings.